The maximum atomic E-state index is 5.51. The van der Waals surface area contributed by atoms with Gasteiger partial charge in [-0.25, -0.2) is 9.97 Å². The summed E-state index contributed by atoms with van der Waals surface area (Å²) in [4.78, 5) is 12.2. The van der Waals surface area contributed by atoms with Crippen molar-refractivity contribution in [2.75, 3.05) is 11.1 Å². The van der Waals surface area contributed by atoms with Gasteiger partial charge in [0.15, 0.2) is 0 Å². The first kappa shape index (κ1) is 10.4. The van der Waals surface area contributed by atoms with Crippen LogP contribution in [0.4, 0.5) is 11.6 Å². The number of nitrogen functional groups attached to an aromatic ring is 1. The number of pyridine rings is 1. The lowest BCUT2D eigenvalue weighted by Crippen LogP contribution is -2.09. The van der Waals surface area contributed by atoms with Crippen LogP contribution in [0.1, 0.15) is 18.5 Å². The second-order valence-corrected chi connectivity index (χ2v) is 3.49. The van der Waals surface area contributed by atoms with Crippen molar-refractivity contribution in [3.63, 3.8) is 0 Å². The summed E-state index contributed by atoms with van der Waals surface area (Å²) < 4.78 is 0. The molecule has 2 rings (SSSR count). The van der Waals surface area contributed by atoms with Gasteiger partial charge in [-0.15, -0.1) is 0 Å². The number of nitrogens with two attached hydrogens (primary N) is 1. The zero-order valence-electron chi connectivity index (χ0n) is 8.96. The van der Waals surface area contributed by atoms with Crippen LogP contribution in [0.3, 0.4) is 0 Å². The van der Waals surface area contributed by atoms with Gasteiger partial charge in [0.2, 0.25) is 5.95 Å². The van der Waals surface area contributed by atoms with E-state index in [0.717, 1.165) is 5.56 Å². The molecule has 3 N–H and O–H groups in total. The molecule has 0 saturated carbocycles. The van der Waals surface area contributed by atoms with E-state index in [0.29, 0.717) is 11.6 Å². The molecule has 1 atom stereocenters. The van der Waals surface area contributed by atoms with E-state index in [-0.39, 0.29) is 6.04 Å². The summed E-state index contributed by atoms with van der Waals surface area (Å²) in [5, 5.41) is 3.17. The monoisotopic (exact) mass is 215 g/mol. The largest absolute Gasteiger partial charge is 0.396 e. The molecule has 16 heavy (non-hydrogen) atoms. The lowest BCUT2D eigenvalue weighted by Gasteiger charge is -2.13. The lowest BCUT2D eigenvalue weighted by atomic mass is 10.1. The Labute approximate surface area is 93.8 Å². The van der Waals surface area contributed by atoms with Crippen LogP contribution >= 0.6 is 0 Å². The Bertz CT molecular complexity index is 440. The zero-order valence-corrected chi connectivity index (χ0v) is 8.96. The topological polar surface area (TPSA) is 76.7 Å². The Hall–Kier alpha value is -2.17. The first-order chi connectivity index (χ1) is 7.75. The van der Waals surface area contributed by atoms with Gasteiger partial charge in [0, 0.05) is 12.4 Å². The molecule has 0 aliphatic rings. The van der Waals surface area contributed by atoms with E-state index in [1.165, 1.54) is 0 Å². The Morgan fingerprint density at radius 3 is 2.62 bits per heavy atom. The molecule has 0 amide bonds. The molecule has 2 heterocycles. The molecule has 5 nitrogen and oxygen atoms in total. The third-order valence-electron chi connectivity index (χ3n) is 2.20. The van der Waals surface area contributed by atoms with Crippen LogP contribution in [0.25, 0.3) is 0 Å². The molecule has 0 aromatic carbocycles. The molecule has 82 valence electrons. The molecule has 1 unspecified atom stereocenters. The molecule has 5 heteroatoms. The van der Waals surface area contributed by atoms with Crippen molar-refractivity contribution < 1.29 is 0 Å². The molecule has 0 spiro atoms. The van der Waals surface area contributed by atoms with Crippen molar-refractivity contribution in [3.8, 4) is 0 Å². The Kier molecular flexibility index (Phi) is 2.95. The quantitative estimate of drug-likeness (QED) is 0.813. The average molecular weight is 215 g/mol. The molecule has 0 radical (unpaired) electrons. The fourth-order valence-corrected chi connectivity index (χ4v) is 1.32. The van der Waals surface area contributed by atoms with Crippen molar-refractivity contribution in [1.29, 1.82) is 0 Å². The second-order valence-electron chi connectivity index (χ2n) is 3.49. The third-order valence-corrected chi connectivity index (χ3v) is 2.20. The minimum Gasteiger partial charge on any atom is -0.396 e. The summed E-state index contributed by atoms with van der Waals surface area (Å²) in [6, 6.07) is 4.01. The minimum atomic E-state index is 0.109. The first-order valence-corrected chi connectivity index (χ1v) is 4.99. The maximum Gasteiger partial charge on any atom is 0.223 e. The van der Waals surface area contributed by atoms with Gasteiger partial charge in [-0.3, -0.25) is 4.98 Å². The number of nitrogens with zero attached hydrogens (tertiary/aromatic N) is 3. The van der Waals surface area contributed by atoms with Crippen LogP contribution in [0, 0.1) is 0 Å². The molecule has 0 aliphatic heterocycles. The second kappa shape index (κ2) is 4.57. The summed E-state index contributed by atoms with van der Waals surface area (Å²) in [7, 11) is 0. The predicted molar refractivity (Wildman–Crippen MR) is 62.7 cm³/mol. The van der Waals surface area contributed by atoms with E-state index >= 15 is 0 Å². The molecule has 0 fully saturated rings. The van der Waals surface area contributed by atoms with Gasteiger partial charge in [0.1, 0.15) is 0 Å². The fourth-order valence-electron chi connectivity index (χ4n) is 1.32. The van der Waals surface area contributed by atoms with Crippen LogP contribution in [-0.4, -0.2) is 15.0 Å². The Morgan fingerprint density at radius 2 is 2.00 bits per heavy atom. The smallest absolute Gasteiger partial charge is 0.223 e. The number of aromatic nitrogens is 3. The van der Waals surface area contributed by atoms with Crippen molar-refractivity contribution in [2.24, 2.45) is 0 Å². The zero-order chi connectivity index (χ0) is 11.4. The van der Waals surface area contributed by atoms with E-state index in [1.807, 2.05) is 25.3 Å². The molecule has 2 aromatic rings. The minimum absolute atomic E-state index is 0.109. The number of anilines is 2. The number of rotatable bonds is 3. The highest BCUT2D eigenvalue weighted by Crippen LogP contribution is 2.15. The Morgan fingerprint density at radius 1 is 1.25 bits per heavy atom. The SMILES string of the molecule is CC(Nc1ncc(N)cn1)c1cccnc1. The van der Waals surface area contributed by atoms with Gasteiger partial charge in [0.05, 0.1) is 24.1 Å². The van der Waals surface area contributed by atoms with Crippen LogP contribution in [-0.2, 0) is 0 Å². The van der Waals surface area contributed by atoms with E-state index in [9.17, 15) is 0 Å². The highest BCUT2D eigenvalue weighted by atomic mass is 15.1. The normalized spacial score (nSPS) is 12.1. The standard InChI is InChI=1S/C11H13N5/c1-8(9-3-2-4-13-5-9)16-11-14-6-10(12)7-15-11/h2-8H,12H2,1H3,(H,14,15,16). The average Bonchev–Trinajstić information content (AvgIpc) is 2.33. The maximum absolute atomic E-state index is 5.51. The van der Waals surface area contributed by atoms with Crippen molar-refractivity contribution in [1.82, 2.24) is 15.0 Å². The molecule has 0 aliphatic carbocycles. The highest BCUT2D eigenvalue weighted by molar-refractivity contribution is 5.37. The summed E-state index contributed by atoms with van der Waals surface area (Å²) in [5.74, 6) is 0.561. The molecule has 0 saturated heterocycles. The Balaban J connectivity index is 2.08. The van der Waals surface area contributed by atoms with Crippen molar-refractivity contribution in [3.05, 3.63) is 42.5 Å². The summed E-state index contributed by atoms with van der Waals surface area (Å²) in [6.45, 7) is 2.02. The van der Waals surface area contributed by atoms with Crippen LogP contribution < -0.4 is 11.1 Å². The van der Waals surface area contributed by atoms with E-state index in [4.69, 9.17) is 5.73 Å². The van der Waals surface area contributed by atoms with E-state index < -0.39 is 0 Å². The van der Waals surface area contributed by atoms with E-state index in [2.05, 4.69) is 20.3 Å². The summed E-state index contributed by atoms with van der Waals surface area (Å²) in [5.41, 5.74) is 7.15. The van der Waals surface area contributed by atoms with Crippen LogP contribution in [0.2, 0.25) is 0 Å². The van der Waals surface area contributed by atoms with Crippen LogP contribution in [0.5, 0.6) is 0 Å². The fraction of sp³-hybridized carbons (Fsp3) is 0.182. The number of nitrogens with one attached hydrogen (secondary N) is 1. The predicted octanol–water partition coefficient (Wildman–Crippen LogP) is 1.63. The van der Waals surface area contributed by atoms with Gasteiger partial charge in [-0.05, 0) is 18.6 Å². The summed E-state index contributed by atoms with van der Waals surface area (Å²) in [6.07, 6.45) is 6.71. The van der Waals surface area contributed by atoms with Gasteiger partial charge in [-0.2, -0.15) is 0 Å². The van der Waals surface area contributed by atoms with Crippen LogP contribution in [0.15, 0.2) is 36.9 Å². The van der Waals surface area contributed by atoms with Crippen molar-refractivity contribution in [2.45, 2.75) is 13.0 Å². The van der Waals surface area contributed by atoms with Gasteiger partial charge < -0.3 is 11.1 Å². The lowest BCUT2D eigenvalue weighted by molar-refractivity contribution is 0.853. The molecule has 2 aromatic heterocycles. The number of hydrogen-bond donors (Lipinski definition) is 2. The number of hydrogen-bond acceptors (Lipinski definition) is 5. The molecule has 0 bridgehead atoms. The third kappa shape index (κ3) is 2.44. The first-order valence-electron chi connectivity index (χ1n) is 4.99. The van der Waals surface area contributed by atoms with Gasteiger partial charge >= 0.3 is 0 Å². The van der Waals surface area contributed by atoms with Crippen molar-refractivity contribution >= 4 is 11.6 Å². The van der Waals surface area contributed by atoms with Gasteiger partial charge in [-0.1, -0.05) is 6.07 Å². The highest BCUT2D eigenvalue weighted by Gasteiger charge is 2.05. The van der Waals surface area contributed by atoms with E-state index in [1.54, 1.807) is 18.6 Å². The van der Waals surface area contributed by atoms with Gasteiger partial charge in [0.25, 0.3) is 0 Å². The molecular formula is C11H13N5. The summed E-state index contributed by atoms with van der Waals surface area (Å²) >= 11 is 0. The molecular weight excluding hydrogens is 202 g/mol.